The van der Waals surface area contributed by atoms with Crippen molar-refractivity contribution >= 4 is 55.1 Å². The number of amides is 1. The number of para-hydroxylation sites is 2. The van der Waals surface area contributed by atoms with Gasteiger partial charge in [-0.15, -0.1) is 11.3 Å². The van der Waals surface area contributed by atoms with Crippen molar-refractivity contribution in [3.8, 4) is 5.75 Å². The van der Waals surface area contributed by atoms with Crippen LogP contribution in [0, 0.1) is 5.92 Å². The van der Waals surface area contributed by atoms with E-state index in [0.717, 1.165) is 10.2 Å². The van der Waals surface area contributed by atoms with Crippen LogP contribution in [0.2, 0.25) is 0 Å². The van der Waals surface area contributed by atoms with Crippen LogP contribution < -0.4 is 15.6 Å². The summed E-state index contributed by atoms with van der Waals surface area (Å²) in [5.41, 5.74) is 1.16. The minimum atomic E-state index is -0.197. The van der Waals surface area contributed by atoms with E-state index in [2.05, 4.69) is 10.3 Å². The molecule has 31 heavy (non-hydrogen) atoms. The molecule has 0 saturated heterocycles. The van der Waals surface area contributed by atoms with Gasteiger partial charge in [0, 0.05) is 18.1 Å². The number of benzene rings is 1. The van der Waals surface area contributed by atoms with Crippen LogP contribution >= 0.6 is 23.1 Å². The van der Waals surface area contributed by atoms with Crippen molar-refractivity contribution in [3.63, 3.8) is 0 Å². The fourth-order valence-corrected chi connectivity index (χ4v) is 5.07. The fraction of sp³-hybridized carbons (Fsp3) is 0.273. The number of hydrogen-bond donors (Lipinski definition) is 1. The summed E-state index contributed by atoms with van der Waals surface area (Å²) in [6.07, 6.45) is 1.71. The molecule has 7 nitrogen and oxygen atoms in total. The number of carbonyl (C=O) groups excluding carboxylic acids is 1. The molecule has 9 heteroatoms. The van der Waals surface area contributed by atoms with Gasteiger partial charge < -0.3 is 10.1 Å². The van der Waals surface area contributed by atoms with Crippen molar-refractivity contribution < 1.29 is 9.53 Å². The number of aromatic nitrogens is 3. The van der Waals surface area contributed by atoms with Crippen LogP contribution in [0.5, 0.6) is 5.75 Å². The Morgan fingerprint density at radius 1 is 1.26 bits per heavy atom. The Balaban J connectivity index is 1.66. The van der Waals surface area contributed by atoms with Crippen LogP contribution in [0.1, 0.15) is 13.8 Å². The second-order valence-corrected chi connectivity index (χ2v) is 9.32. The SMILES string of the molecule is COc1ccccc1NC(=O)CSc1nc2c(sc3ncccc32)c(=O)n1CC(C)C. The maximum absolute atomic E-state index is 13.2. The van der Waals surface area contributed by atoms with Gasteiger partial charge in [0.25, 0.3) is 5.56 Å². The second kappa shape index (κ2) is 9.07. The zero-order chi connectivity index (χ0) is 22.0. The lowest BCUT2D eigenvalue weighted by atomic mass is 10.2. The molecule has 1 aromatic carbocycles. The standard InChI is InChI=1S/C22H22N4O3S2/c1-13(2)11-26-21(28)19-18(14-7-6-10-23-20(14)31-19)25-22(26)30-12-17(27)24-15-8-4-5-9-16(15)29-3/h4-10,13H,11-12H2,1-3H3,(H,24,27). The lowest BCUT2D eigenvalue weighted by Gasteiger charge is -2.14. The number of nitrogens with one attached hydrogen (secondary N) is 1. The third-order valence-corrected chi connectivity index (χ3v) is 6.65. The summed E-state index contributed by atoms with van der Waals surface area (Å²) in [5.74, 6) is 0.770. The quantitative estimate of drug-likeness (QED) is 0.329. The van der Waals surface area contributed by atoms with Crippen LogP contribution in [0.3, 0.4) is 0 Å². The molecule has 0 aliphatic rings. The monoisotopic (exact) mass is 454 g/mol. The zero-order valence-corrected chi connectivity index (χ0v) is 19.0. The van der Waals surface area contributed by atoms with Crippen molar-refractivity contribution in [2.45, 2.75) is 25.5 Å². The summed E-state index contributed by atoms with van der Waals surface area (Å²) in [5, 5.41) is 4.25. The Kier molecular flexibility index (Phi) is 6.24. The van der Waals surface area contributed by atoms with Gasteiger partial charge in [0.15, 0.2) is 5.16 Å². The van der Waals surface area contributed by atoms with Crippen LogP contribution in [0.25, 0.3) is 20.4 Å². The molecular formula is C22H22N4O3S2. The van der Waals surface area contributed by atoms with Gasteiger partial charge in [-0.1, -0.05) is 37.7 Å². The number of pyridine rings is 1. The van der Waals surface area contributed by atoms with Gasteiger partial charge in [-0.25, -0.2) is 9.97 Å². The molecule has 0 spiro atoms. The molecule has 3 heterocycles. The summed E-state index contributed by atoms with van der Waals surface area (Å²) in [7, 11) is 1.56. The molecule has 3 aromatic heterocycles. The highest BCUT2D eigenvalue weighted by molar-refractivity contribution is 7.99. The van der Waals surface area contributed by atoms with Crippen LogP contribution in [0.4, 0.5) is 5.69 Å². The first-order valence-electron chi connectivity index (χ1n) is 9.81. The Morgan fingerprint density at radius 3 is 2.84 bits per heavy atom. The second-order valence-electron chi connectivity index (χ2n) is 7.38. The topological polar surface area (TPSA) is 86.1 Å². The summed E-state index contributed by atoms with van der Waals surface area (Å²) < 4.78 is 7.55. The first-order valence-corrected chi connectivity index (χ1v) is 11.6. The minimum absolute atomic E-state index is 0.0886. The molecule has 160 valence electrons. The van der Waals surface area contributed by atoms with Crippen molar-refractivity contribution in [1.29, 1.82) is 0 Å². The molecule has 0 aliphatic carbocycles. The molecule has 0 radical (unpaired) electrons. The largest absolute Gasteiger partial charge is 0.495 e. The summed E-state index contributed by atoms with van der Waals surface area (Å²) in [6.45, 7) is 4.62. The molecule has 4 aromatic rings. The predicted molar refractivity (Wildman–Crippen MR) is 126 cm³/mol. The highest BCUT2D eigenvalue weighted by Crippen LogP contribution is 2.31. The highest BCUT2D eigenvalue weighted by Gasteiger charge is 2.18. The van der Waals surface area contributed by atoms with E-state index >= 15 is 0 Å². The summed E-state index contributed by atoms with van der Waals surface area (Å²) in [4.78, 5) is 35.8. The van der Waals surface area contributed by atoms with E-state index < -0.39 is 0 Å². The molecule has 0 saturated carbocycles. The van der Waals surface area contributed by atoms with Crippen molar-refractivity contribution in [2.24, 2.45) is 5.92 Å². The first kappa shape index (κ1) is 21.3. The number of ether oxygens (including phenoxy) is 1. The minimum Gasteiger partial charge on any atom is -0.495 e. The zero-order valence-electron chi connectivity index (χ0n) is 17.4. The molecule has 1 amide bonds. The number of hydrogen-bond acceptors (Lipinski definition) is 7. The number of fused-ring (bicyclic) bond motifs is 3. The molecule has 0 unspecified atom stereocenters. The fourth-order valence-electron chi connectivity index (χ4n) is 3.24. The van der Waals surface area contributed by atoms with E-state index in [1.54, 1.807) is 30.0 Å². The van der Waals surface area contributed by atoms with Crippen molar-refractivity contribution in [1.82, 2.24) is 14.5 Å². The number of thioether (sulfide) groups is 1. The third-order valence-electron chi connectivity index (χ3n) is 4.58. The Labute approximate surface area is 187 Å². The number of thiophene rings is 1. The van der Waals surface area contributed by atoms with Gasteiger partial charge in [0.2, 0.25) is 5.91 Å². The molecule has 1 N–H and O–H groups in total. The average molecular weight is 455 g/mol. The number of rotatable bonds is 7. The summed E-state index contributed by atoms with van der Waals surface area (Å²) in [6, 6.07) is 11.0. The smallest absolute Gasteiger partial charge is 0.272 e. The van der Waals surface area contributed by atoms with E-state index in [4.69, 9.17) is 9.72 Å². The van der Waals surface area contributed by atoms with Crippen molar-refractivity contribution in [3.05, 3.63) is 52.9 Å². The van der Waals surface area contributed by atoms with Crippen LogP contribution in [-0.4, -0.2) is 33.3 Å². The lowest BCUT2D eigenvalue weighted by molar-refractivity contribution is -0.113. The number of carbonyl (C=O) groups is 1. The Hall–Kier alpha value is -2.91. The van der Waals surface area contributed by atoms with Crippen molar-refractivity contribution in [2.75, 3.05) is 18.2 Å². The summed E-state index contributed by atoms with van der Waals surface area (Å²) >= 11 is 2.61. The Bertz CT molecular complexity index is 1310. The van der Waals surface area contributed by atoms with E-state index in [9.17, 15) is 9.59 Å². The van der Waals surface area contributed by atoms with Crippen LogP contribution in [0.15, 0.2) is 52.5 Å². The number of nitrogens with zero attached hydrogens (tertiary/aromatic N) is 3. The van der Waals surface area contributed by atoms with Gasteiger partial charge in [0.1, 0.15) is 15.3 Å². The molecule has 0 bridgehead atoms. The van der Waals surface area contributed by atoms with Gasteiger partial charge >= 0.3 is 0 Å². The first-order chi connectivity index (χ1) is 15.0. The van der Waals surface area contributed by atoms with E-state index in [1.165, 1.54) is 23.1 Å². The van der Waals surface area contributed by atoms with Gasteiger partial charge in [0.05, 0.1) is 24.1 Å². The molecule has 0 aliphatic heterocycles. The number of anilines is 1. The Morgan fingerprint density at radius 2 is 2.06 bits per heavy atom. The van der Waals surface area contributed by atoms with E-state index in [-0.39, 0.29) is 23.1 Å². The highest BCUT2D eigenvalue weighted by atomic mass is 32.2. The van der Waals surface area contributed by atoms with Gasteiger partial charge in [-0.3, -0.25) is 14.2 Å². The maximum Gasteiger partial charge on any atom is 0.272 e. The van der Waals surface area contributed by atoms with Gasteiger partial charge in [-0.05, 0) is 30.2 Å². The average Bonchev–Trinajstić information content (AvgIpc) is 3.13. The molecule has 0 fully saturated rings. The molecule has 0 atom stereocenters. The molecular weight excluding hydrogens is 432 g/mol. The van der Waals surface area contributed by atoms with E-state index in [0.29, 0.717) is 33.4 Å². The lowest BCUT2D eigenvalue weighted by Crippen LogP contribution is -2.25. The third kappa shape index (κ3) is 4.42. The van der Waals surface area contributed by atoms with Crippen LogP contribution in [-0.2, 0) is 11.3 Å². The normalized spacial score (nSPS) is 11.4. The maximum atomic E-state index is 13.2. The molecule has 4 rings (SSSR count). The van der Waals surface area contributed by atoms with E-state index in [1.807, 2.05) is 38.1 Å². The number of methoxy groups -OCH3 is 1. The predicted octanol–water partition coefficient (Wildman–Crippen LogP) is 4.40. The van der Waals surface area contributed by atoms with Gasteiger partial charge in [-0.2, -0.15) is 0 Å².